The number of carbonyl (C=O) groups excluding carboxylic acids is 2. The SMILES string of the molecule is Cc1nc(NC(=O)CCC(=O)c2ccc(Cl)cc2)sc1C. The van der Waals surface area contributed by atoms with Crippen molar-refractivity contribution < 1.29 is 9.59 Å². The van der Waals surface area contributed by atoms with Crippen molar-refractivity contribution in [1.29, 1.82) is 0 Å². The van der Waals surface area contributed by atoms with Crippen LogP contribution in [-0.4, -0.2) is 16.7 Å². The van der Waals surface area contributed by atoms with Gasteiger partial charge in [-0.1, -0.05) is 11.6 Å². The second-order valence-corrected chi connectivity index (χ2v) is 6.28. The first kappa shape index (κ1) is 15.7. The molecule has 0 fully saturated rings. The van der Waals surface area contributed by atoms with E-state index in [0.717, 1.165) is 10.6 Å². The summed E-state index contributed by atoms with van der Waals surface area (Å²) in [6.07, 6.45) is 0.302. The molecule has 1 heterocycles. The van der Waals surface area contributed by atoms with Gasteiger partial charge in [0.1, 0.15) is 0 Å². The highest BCUT2D eigenvalue weighted by atomic mass is 35.5. The standard InChI is InChI=1S/C15H15ClN2O2S/c1-9-10(2)21-15(17-9)18-14(20)8-7-13(19)11-3-5-12(16)6-4-11/h3-6H,7-8H2,1-2H3,(H,17,18,20). The van der Waals surface area contributed by atoms with Crippen molar-refractivity contribution in [3.8, 4) is 0 Å². The van der Waals surface area contributed by atoms with Crippen LogP contribution in [0, 0.1) is 13.8 Å². The van der Waals surface area contributed by atoms with Gasteiger partial charge in [0.2, 0.25) is 5.91 Å². The monoisotopic (exact) mass is 322 g/mol. The van der Waals surface area contributed by atoms with Crippen LogP contribution in [0.25, 0.3) is 0 Å². The van der Waals surface area contributed by atoms with Crippen molar-refractivity contribution in [2.75, 3.05) is 5.32 Å². The van der Waals surface area contributed by atoms with Crippen LogP contribution in [0.3, 0.4) is 0 Å². The highest BCUT2D eigenvalue weighted by molar-refractivity contribution is 7.15. The Morgan fingerprint density at radius 3 is 2.43 bits per heavy atom. The molecule has 0 unspecified atom stereocenters. The lowest BCUT2D eigenvalue weighted by atomic mass is 10.1. The number of benzene rings is 1. The van der Waals surface area contributed by atoms with Gasteiger partial charge in [-0.3, -0.25) is 9.59 Å². The summed E-state index contributed by atoms with van der Waals surface area (Å²) in [5.74, 6) is -0.278. The summed E-state index contributed by atoms with van der Waals surface area (Å²) in [5.41, 5.74) is 1.47. The minimum absolute atomic E-state index is 0.0756. The van der Waals surface area contributed by atoms with Crippen LogP contribution < -0.4 is 5.32 Å². The number of aryl methyl sites for hydroxylation is 2. The molecule has 0 aliphatic rings. The molecular weight excluding hydrogens is 308 g/mol. The van der Waals surface area contributed by atoms with Crippen LogP contribution in [0.15, 0.2) is 24.3 Å². The maximum Gasteiger partial charge on any atom is 0.226 e. The summed E-state index contributed by atoms with van der Waals surface area (Å²) in [7, 11) is 0. The molecule has 2 aromatic rings. The van der Waals surface area contributed by atoms with Crippen molar-refractivity contribution in [3.05, 3.63) is 45.4 Å². The van der Waals surface area contributed by atoms with Gasteiger partial charge in [-0.25, -0.2) is 4.98 Å². The normalized spacial score (nSPS) is 10.4. The molecule has 0 atom stereocenters. The Bertz CT molecular complexity index is 645. The van der Waals surface area contributed by atoms with E-state index in [4.69, 9.17) is 11.6 Å². The smallest absolute Gasteiger partial charge is 0.226 e. The van der Waals surface area contributed by atoms with Gasteiger partial charge in [0.25, 0.3) is 0 Å². The van der Waals surface area contributed by atoms with Crippen molar-refractivity contribution in [2.45, 2.75) is 26.7 Å². The van der Waals surface area contributed by atoms with E-state index in [0.29, 0.717) is 15.7 Å². The van der Waals surface area contributed by atoms with Crippen molar-refractivity contribution >= 4 is 39.8 Å². The van der Waals surface area contributed by atoms with Crippen LogP contribution in [-0.2, 0) is 4.79 Å². The molecule has 6 heteroatoms. The molecule has 0 spiro atoms. The molecule has 4 nitrogen and oxygen atoms in total. The van der Waals surface area contributed by atoms with E-state index in [-0.39, 0.29) is 24.5 Å². The Morgan fingerprint density at radius 2 is 1.86 bits per heavy atom. The molecule has 0 saturated carbocycles. The maximum atomic E-state index is 11.9. The minimum atomic E-state index is -0.203. The van der Waals surface area contributed by atoms with E-state index in [1.54, 1.807) is 24.3 Å². The molecule has 1 aromatic carbocycles. The molecule has 1 amide bonds. The van der Waals surface area contributed by atoms with Gasteiger partial charge < -0.3 is 5.32 Å². The Labute approximate surface area is 132 Å². The quantitative estimate of drug-likeness (QED) is 0.846. The Balaban J connectivity index is 1.86. The molecule has 2 rings (SSSR count). The Kier molecular flexibility index (Phi) is 5.09. The van der Waals surface area contributed by atoms with Gasteiger partial charge in [0.05, 0.1) is 5.69 Å². The number of amides is 1. The highest BCUT2D eigenvalue weighted by Gasteiger charge is 2.11. The molecule has 0 bridgehead atoms. The predicted octanol–water partition coefficient (Wildman–Crippen LogP) is 4.01. The zero-order valence-electron chi connectivity index (χ0n) is 11.8. The molecule has 0 aliphatic carbocycles. The van der Waals surface area contributed by atoms with E-state index >= 15 is 0 Å². The number of hydrogen-bond donors (Lipinski definition) is 1. The molecule has 0 saturated heterocycles. The number of nitrogens with one attached hydrogen (secondary N) is 1. The summed E-state index contributed by atoms with van der Waals surface area (Å²) in [5, 5.41) is 3.87. The highest BCUT2D eigenvalue weighted by Crippen LogP contribution is 2.21. The van der Waals surface area contributed by atoms with E-state index in [1.165, 1.54) is 11.3 Å². The average molecular weight is 323 g/mol. The van der Waals surface area contributed by atoms with Crippen molar-refractivity contribution in [3.63, 3.8) is 0 Å². The fourth-order valence-electron chi connectivity index (χ4n) is 1.72. The number of hydrogen-bond acceptors (Lipinski definition) is 4. The predicted molar refractivity (Wildman–Crippen MR) is 85.2 cm³/mol. The second kappa shape index (κ2) is 6.83. The summed E-state index contributed by atoms with van der Waals surface area (Å²) < 4.78 is 0. The fraction of sp³-hybridized carbons (Fsp3) is 0.267. The lowest BCUT2D eigenvalue weighted by molar-refractivity contribution is -0.116. The number of nitrogens with zero attached hydrogens (tertiary/aromatic N) is 1. The topological polar surface area (TPSA) is 59.1 Å². The van der Waals surface area contributed by atoms with Crippen molar-refractivity contribution in [2.24, 2.45) is 0 Å². The molecule has 1 aromatic heterocycles. The van der Waals surface area contributed by atoms with Gasteiger partial charge in [-0.2, -0.15) is 0 Å². The third-order valence-electron chi connectivity index (χ3n) is 3.02. The number of carbonyl (C=O) groups is 2. The van der Waals surface area contributed by atoms with Gasteiger partial charge in [0.15, 0.2) is 10.9 Å². The van der Waals surface area contributed by atoms with Crippen LogP contribution in [0.5, 0.6) is 0 Å². The van der Waals surface area contributed by atoms with Gasteiger partial charge >= 0.3 is 0 Å². The Morgan fingerprint density at radius 1 is 1.19 bits per heavy atom. The van der Waals surface area contributed by atoms with E-state index < -0.39 is 0 Å². The van der Waals surface area contributed by atoms with Crippen LogP contribution in [0.4, 0.5) is 5.13 Å². The zero-order chi connectivity index (χ0) is 15.4. The number of Topliss-reactive ketones (excluding diaryl/α,β-unsaturated/α-hetero) is 1. The summed E-state index contributed by atoms with van der Waals surface area (Å²) in [6.45, 7) is 3.85. The Hall–Kier alpha value is -1.72. The van der Waals surface area contributed by atoms with Crippen molar-refractivity contribution in [1.82, 2.24) is 4.98 Å². The van der Waals surface area contributed by atoms with Crippen LogP contribution >= 0.6 is 22.9 Å². The number of thiazole rings is 1. The van der Waals surface area contributed by atoms with Gasteiger partial charge in [0, 0.05) is 28.3 Å². The van der Waals surface area contributed by atoms with Gasteiger partial charge in [-0.15, -0.1) is 11.3 Å². The van der Waals surface area contributed by atoms with Crippen LogP contribution in [0.2, 0.25) is 5.02 Å². The first-order valence-electron chi connectivity index (χ1n) is 6.48. The van der Waals surface area contributed by atoms with Gasteiger partial charge in [-0.05, 0) is 38.1 Å². The van der Waals surface area contributed by atoms with E-state index in [2.05, 4.69) is 10.3 Å². The maximum absolute atomic E-state index is 11.9. The lowest BCUT2D eigenvalue weighted by Gasteiger charge is -2.02. The molecule has 21 heavy (non-hydrogen) atoms. The fourth-order valence-corrected chi connectivity index (χ4v) is 2.67. The molecule has 110 valence electrons. The van der Waals surface area contributed by atoms with Crippen LogP contribution in [0.1, 0.15) is 33.8 Å². The first-order valence-corrected chi connectivity index (χ1v) is 7.68. The minimum Gasteiger partial charge on any atom is -0.302 e. The zero-order valence-corrected chi connectivity index (χ0v) is 13.3. The summed E-state index contributed by atoms with van der Waals surface area (Å²) >= 11 is 7.20. The number of ketones is 1. The molecule has 0 radical (unpaired) electrons. The van der Waals surface area contributed by atoms with E-state index in [9.17, 15) is 9.59 Å². The number of halogens is 1. The lowest BCUT2D eigenvalue weighted by Crippen LogP contribution is -2.13. The summed E-state index contributed by atoms with van der Waals surface area (Å²) in [4.78, 5) is 29.0. The third kappa shape index (κ3) is 4.37. The number of rotatable bonds is 5. The number of aromatic nitrogens is 1. The second-order valence-electron chi connectivity index (χ2n) is 4.64. The molecular formula is C15H15ClN2O2S. The van der Waals surface area contributed by atoms with E-state index in [1.807, 2.05) is 13.8 Å². The first-order chi connectivity index (χ1) is 9.95. The summed E-state index contributed by atoms with van der Waals surface area (Å²) in [6, 6.07) is 6.65. The number of anilines is 1. The molecule has 1 N–H and O–H groups in total. The third-order valence-corrected chi connectivity index (χ3v) is 4.26. The average Bonchev–Trinajstić information content (AvgIpc) is 2.75. The molecule has 0 aliphatic heterocycles. The largest absolute Gasteiger partial charge is 0.302 e.